The number of aromatic nitrogens is 2. The Balaban J connectivity index is 1.58. The van der Waals surface area contributed by atoms with E-state index in [0.29, 0.717) is 30.5 Å². The Morgan fingerprint density at radius 3 is 2.65 bits per heavy atom. The zero-order chi connectivity index (χ0) is 18.7. The monoisotopic (exact) mass is 355 g/mol. The number of amides is 1. The van der Waals surface area contributed by atoms with E-state index in [2.05, 4.69) is 50.0 Å². The highest BCUT2D eigenvalue weighted by Gasteiger charge is 2.21. The molecule has 5 heteroatoms. The van der Waals surface area contributed by atoms with Crippen molar-refractivity contribution in [2.75, 3.05) is 13.1 Å². The van der Waals surface area contributed by atoms with Gasteiger partial charge in [0.05, 0.1) is 0 Å². The standard InChI is InChI=1S/C21H29N3O2/c1-15-6-5-13-24(14-15)19(25)12-11-18-22-20(23-26-18)16-7-9-17(10-8-16)21(2,3)4/h7-10,15H,5-6,11-14H2,1-4H3. The summed E-state index contributed by atoms with van der Waals surface area (Å²) < 4.78 is 5.34. The van der Waals surface area contributed by atoms with Crippen LogP contribution in [0, 0.1) is 5.92 Å². The van der Waals surface area contributed by atoms with E-state index < -0.39 is 0 Å². The van der Waals surface area contributed by atoms with Crippen LogP contribution in [0.2, 0.25) is 0 Å². The summed E-state index contributed by atoms with van der Waals surface area (Å²) >= 11 is 0. The van der Waals surface area contributed by atoms with Crippen LogP contribution in [0.1, 0.15) is 58.4 Å². The fraction of sp³-hybridized carbons (Fsp3) is 0.571. The second-order valence-electron chi connectivity index (χ2n) is 8.43. The van der Waals surface area contributed by atoms with E-state index in [4.69, 9.17) is 4.52 Å². The van der Waals surface area contributed by atoms with Gasteiger partial charge in [0.2, 0.25) is 17.6 Å². The van der Waals surface area contributed by atoms with E-state index in [9.17, 15) is 4.79 Å². The quantitative estimate of drug-likeness (QED) is 0.824. The Morgan fingerprint density at radius 1 is 1.27 bits per heavy atom. The molecule has 1 amide bonds. The van der Waals surface area contributed by atoms with Crippen LogP contribution in [0.3, 0.4) is 0 Å². The van der Waals surface area contributed by atoms with Crippen LogP contribution < -0.4 is 0 Å². The molecule has 1 unspecified atom stereocenters. The summed E-state index contributed by atoms with van der Waals surface area (Å²) in [5.74, 6) is 1.89. The van der Waals surface area contributed by atoms with Crippen molar-refractivity contribution in [3.05, 3.63) is 35.7 Å². The Bertz CT molecular complexity index is 743. The Labute approximate surface area is 155 Å². The number of rotatable bonds is 4. The third-order valence-corrected chi connectivity index (χ3v) is 5.04. The van der Waals surface area contributed by atoms with E-state index in [-0.39, 0.29) is 11.3 Å². The normalized spacial score (nSPS) is 18.2. The molecule has 0 bridgehead atoms. The van der Waals surface area contributed by atoms with Crippen molar-refractivity contribution in [3.63, 3.8) is 0 Å². The number of aryl methyl sites for hydroxylation is 1. The molecule has 140 valence electrons. The number of benzene rings is 1. The maximum atomic E-state index is 12.4. The zero-order valence-electron chi connectivity index (χ0n) is 16.3. The molecule has 1 aromatic carbocycles. The summed E-state index contributed by atoms with van der Waals surface area (Å²) in [5, 5.41) is 4.07. The third-order valence-electron chi connectivity index (χ3n) is 5.04. The predicted molar refractivity (Wildman–Crippen MR) is 102 cm³/mol. The Kier molecular flexibility index (Phi) is 5.44. The molecular formula is C21H29N3O2. The first-order chi connectivity index (χ1) is 12.3. The minimum absolute atomic E-state index is 0.118. The molecule has 1 aliphatic rings. The molecule has 0 spiro atoms. The Morgan fingerprint density at radius 2 is 2.00 bits per heavy atom. The largest absolute Gasteiger partial charge is 0.342 e. The first kappa shape index (κ1) is 18.6. The molecule has 0 N–H and O–H groups in total. The summed E-state index contributed by atoms with van der Waals surface area (Å²) in [6, 6.07) is 8.25. The van der Waals surface area contributed by atoms with Crippen LogP contribution in [0.4, 0.5) is 0 Å². The first-order valence-electron chi connectivity index (χ1n) is 9.54. The highest BCUT2D eigenvalue weighted by Crippen LogP contribution is 2.25. The van der Waals surface area contributed by atoms with Gasteiger partial charge < -0.3 is 9.42 Å². The van der Waals surface area contributed by atoms with Gasteiger partial charge in [-0.3, -0.25) is 4.79 Å². The second kappa shape index (κ2) is 7.60. The molecule has 0 radical (unpaired) electrons. The summed E-state index contributed by atoms with van der Waals surface area (Å²) in [6.45, 7) is 10.5. The average Bonchev–Trinajstić information content (AvgIpc) is 3.08. The summed E-state index contributed by atoms with van der Waals surface area (Å²) in [4.78, 5) is 18.8. The lowest BCUT2D eigenvalue weighted by atomic mass is 9.87. The highest BCUT2D eigenvalue weighted by molar-refractivity contribution is 5.76. The van der Waals surface area contributed by atoms with Gasteiger partial charge in [0, 0.05) is 31.5 Å². The smallest absolute Gasteiger partial charge is 0.227 e. The molecule has 0 saturated carbocycles. The zero-order valence-corrected chi connectivity index (χ0v) is 16.3. The van der Waals surface area contributed by atoms with Gasteiger partial charge in [-0.2, -0.15) is 4.98 Å². The van der Waals surface area contributed by atoms with E-state index in [1.165, 1.54) is 12.0 Å². The number of hydrogen-bond acceptors (Lipinski definition) is 4. The molecule has 2 heterocycles. The van der Waals surface area contributed by atoms with Crippen molar-refractivity contribution in [2.24, 2.45) is 5.92 Å². The molecule has 1 fully saturated rings. The van der Waals surface area contributed by atoms with Crippen molar-refractivity contribution in [1.82, 2.24) is 15.0 Å². The number of piperidine rings is 1. The lowest BCUT2D eigenvalue weighted by molar-refractivity contribution is -0.132. The van der Waals surface area contributed by atoms with Gasteiger partial charge in [0.15, 0.2) is 0 Å². The van der Waals surface area contributed by atoms with Crippen molar-refractivity contribution < 1.29 is 9.32 Å². The molecular weight excluding hydrogens is 326 g/mol. The number of nitrogens with zero attached hydrogens (tertiary/aromatic N) is 3. The molecule has 1 saturated heterocycles. The van der Waals surface area contributed by atoms with Gasteiger partial charge in [-0.25, -0.2) is 0 Å². The van der Waals surface area contributed by atoms with Gasteiger partial charge in [-0.15, -0.1) is 0 Å². The molecule has 5 nitrogen and oxygen atoms in total. The summed E-state index contributed by atoms with van der Waals surface area (Å²) in [5.41, 5.74) is 2.32. The van der Waals surface area contributed by atoms with E-state index >= 15 is 0 Å². The van der Waals surface area contributed by atoms with Crippen LogP contribution in [-0.4, -0.2) is 34.0 Å². The molecule has 2 aromatic rings. The number of carbonyl (C=O) groups excluding carboxylic acids is 1. The lowest BCUT2D eigenvalue weighted by Crippen LogP contribution is -2.39. The molecule has 1 aromatic heterocycles. The van der Waals surface area contributed by atoms with Crippen molar-refractivity contribution in [2.45, 2.75) is 58.8 Å². The summed E-state index contributed by atoms with van der Waals surface area (Å²) in [7, 11) is 0. The van der Waals surface area contributed by atoms with Gasteiger partial charge in [0.25, 0.3) is 0 Å². The van der Waals surface area contributed by atoms with Crippen LogP contribution in [-0.2, 0) is 16.6 Å². The fourth-order valence-corrected chi connectivity index (χ4v) is 3.38. The molecule has 26 heavy (non-hydrogen) atoms. The van der Waals surface area contributed by atoms with Gasteiger partial charge in [-0.05, 0) is 29.7 Å². The lowest BCUT2D eigenvalue weighted by Gasteiger charge is -2.30. The summed E-state index contributed by atoms with van der Waals surface area (Å²) in [6.07, 6.45) is 3.24. The molecule has 1 atom stereocenters. The minimum atomic E-state index is 0.118. The molecule has 3 rings (SSSR count). The van der Waals surface area contributed by atoms with Gasteiger partial charge in [0.1, 0.15) is 0 Å². The van der Waals surface area contributed by atoms with E-state index in [0.717, 1.165) is 25.1 Å². The van der Waals surface area contributed by atoms with Gasteiger partial charge in [-0.1, -0.05) is 57.1 Å². The first-order valence-corrected chi connectivity index (χ1v) is 9.54. The maximum Gasteiger partial charge on any atom is 0.227 e. The van der Waals surface area contributed by atoms with Crippen molar-refractivity contribution in [1.29, 1.82) is 0 Å². The maximum absolute atomic E-state index is 12.4. The second-order valence-corrected chi connectivity index (χ2v) is 8.43. The fourth-order valence-electron chi connectivity index (χ4n) is 3.38. The Hall–Kier alpha value is -2.17. The number of carbonyl (C=O) groups is 1. The SMILES string of the molecule is CC1CCCN(C(=O)CCc2nc(-c3ccc(C(C)(C)C)cc3)no2)C1. The van der Waals surface area contributed by atoms with Crippen LogP contribution >= 0.6 is 0 Å². The van der Waals surface area contributed by atoms with Crippen LogP contribution in [0.5, 0.6) is 0 Å². The van der Waals surface area contributed by atoms with Crippen LogP contribution in [0.15, 0.2) is 28.8 Å². The third kappa shape index (κ3) is 4.51. The van der Waals surface area contributed by atoms with Crippen molar-refractivity contribution in [3.8, 4) is 11.4 Å². The van der Waals surface area contributed by atoms with Gasteiger partial charge >= 0.3 is 0 Å². The average molecular weight is 355 g/mol. The van der Waals surface area contributed by atoms with E-state index in [1.54, 1.807) is 0 Å². The van der Waals surface area contributed by atoms with E-state index in [1.807, 2.05) is 17.0 Å². The number of hydrogen-bond donors (Lipinski definition) is 0. The molecule has 1 aliphatic heterocycles. The highest BCUT2D eigenvalue weighted by atomic mass is 16.5. The molecule has 0 aliphatic carbocycles. The van der Waals surface area contributed by atoms with Crippen LogP contribution in [0.25, 0.3) is 11.4 Å². The number of likely N-dealkylation sites (tertiary alicyclic amines) is 1. The minimum Gasteiger partial charge on any atom is -0.342 e. The topological polar surface area (TPSA) is 59.2 Å². The van der Waals surface area contributed by atoms with Crippen molar-refractivity contribution >= 4 is 5.91 Å². The predicted octanol–water partition coefficient (Wildman–Crippen LogP) is 4.23.